The van der Waals surface area contributed by atoms with Crippen LogP contribution in [0.4, 0.5) is 0 Å². The lowest BCUT2D eigenvalue weighted by atomic mass is 9.68. The van der Waals surface area contributed by atoms with Crippen LogP contribution in [0.1, 0.15) is 73.6 Å². The minimum Gasteiger partial charge on any atom is -0.481 e. The number of aliphatic carboxylic acids is 1. The average molecular weight is 505 g/mol. The number of ether oxygens (including phenoxy) is 1. The molecule has 2 aliphatic carbocycles. The maximum atomic E-state index is 10.3. The van der Waals surface area contributed by atoms with Crippen LogP contribution in [-0.4, -0.2) is 63.2 Å². The summed E-state index contributed by atoms with van der Waals surface area (Å²) in [5, 5.41) is 26.7. The van der Waals surface area contributed by atoms with E-state index < -0.39 is 26.1 Å². The van der Waals surface area contributed by atoms with E-state index in [-0.39, 0.29) is 18.5 Å². The molecule has 0 amide bonds. The molecule has 34 heavy (non-hydrogen) atoms. The molecule has 0 aromatic rings. The third-order valence-electron chi connectivity index (χ3n) is 5.91. The van der Waals surface area contributed by atoms with E-state index in [1.807, 2.05) is 13.8 Å². The number of aliphatic hydroxyl groups excluding tert-OH is 2. The van der Waals surface area contributed by atoms with Gasteiger partial charge in [-0.3, -0.25) is 9.59 Å². The van der Waals surface area contributed by atoms with Crippen molar-refractivity contribution in [1.29, 1.82) is 0 Å². The van der Waals surface area contributed by atoms with Crippen LogP contribution in [0.5, 0.6) is 0 Å². The summed E-state index contributed by atoms with van der Waals surface area (Å²) >= 11 is 0. The number of carbonyl (C=O) groups excluding carboxylic acids is 1. The summed E-state index contributed by atoms with van der Waals surface area (Å²) in [7, 11) is -1.78. The van der Waals surface area contributed by atoms with Gasteiger partial charge in [0.05, 0.1) is 31.8 Å². The Balaban J connectivity index is 0.000000483. The van der Waals surface area contributed by atoms with Gasteiger partial charge in [-0.05, 0) is 50.0 Å². The van der Waals surface area contributed by atoms with Gasteiger partial charge in [0.15, 0.2) is 8.38 Å². The molecule has 4 N–H and O–H groups in total. The highest BCUT2D eigenvalue weighted by Crippen LogP contribution is 2.41. The van der Waals surface area contributed by atoms with Gasteiger partial charge in [-0.1, -0.05) is 52.3 Å². The molecule has 0 saturated carbocycles. The van der Waals surface area contributed by atoms with Gasteiger partial charge in [0.25, 0.3) is 0 Å². The van der Waals surface area contributed by atoms with Crippen LogP contribution in [0.3, 0.4) is 0 Å². The van der Waals surface area contributed by atoms with E-state index >= 15 is 0 Å². The molecule has 0 bridgehead atoms. The lowest BCUT2D eigenvalue weighted by Crippen LogP contribution is -2.29. The zero-order valence-electron chi connectivity index (χ0n) is 21.5. The van der Waals surface area contributed by atoms with Crippen LogP contribution in [0.2, 0.25) is 0 Å². The molecule has 3 rings (SSSR count). The van der Waals surface area contributed by atoms with E-state index in [2.05, 4.69) is 36.8 Å². The summed E-state index contributed by atoms with van der Waals surface area (Å²) in [5.41, 5.74) is 0.587. The average Bonchev–Trinajstić information content (AvgIpc) is 2.80. The van der Waals surface area contributed by atoms with E-state index in [4.69, 9.17) is 19.6 Å². The van der Waals surface area contributed by atoms with Crippen LogP contribution in [0.25, 0.3) is 0 Å². The smallest absolute Gasteiger partial charge is 0.315 e. The van der Waals surface area contributed by atoms with Crippen molar-refractivity contribution >= 4 is 20.3 Å². The van der Waals surface area contributed by atoms with Crippen molar-refractivity contribution < 1.29 is 39.1 Å². The molecule has 0 spiro atoms. The summed E-state index contributed by atoms with van der Waals surface area (Å²) in [5.74, 6) is 0.894. The first-order valence-electron chi connectivity index (χ1n) is 12.4. The molecule has 0 aromatic carbocycles. The Hall–Kier alpha value is -1.31. The first kappa shape index (κ1) is 32.7. The molecular formula is C25H45O8P. The summed E-state index contributed by atoms with van der Waals surface area (Å²) in [6.45, 7) is 12.4. The fourth-order valence-electron chi connectivity index (χ4n) is 4.02. The van der Waals surface area contributed by atoms with E-state index in [1.54, 1.807) is 6.92 Å². The molecule has 3 aliphatic rings. The second-order valence-electron chi connectivity index (χ2n) is 8.31. The Morgan fingerprint density at radius 3 is 2.35 bits per heavy atom. The van der Waals surface area contributed by atoms with Crippen LogP contribution in [0.15, 0.2) is 23.8 Å². The second-order valence-corrected chi connectivity index (χ2v) is 9.95. The van der Waals surface area contributed by atoms with Crippen molar-refractivity contribution in [3.8, 4) is 0 Å². The van der Waals surface area contributed by atoms with Crippen molar-refractivity contribution in [1.82, 2.24) is 0 Å². The highest BCUT2D eigenvalue weighted by molar-refractivity contribution is 7.48. The van der Waals surface area contributed by atoms with Gasteiger partial charge in [-0.15, -0.1) is 0 Å². The lowest BCUT2D eigenvalue weighted by Gasteiger charge is -2.37. The second kappa shape index (κ2) is 18.0. The maximum absolute atomic E-state index is 10.3. The molecule has 1 fully saturated rings. The molecule has 1 heterocycles. The Morgan fingerprint density at radius 1 is 1.24 bits per heavy atom. The third-order valence-corrected chi connectivity index (χ3v) is 7.31. The van der Waals surface area contributed by atoms with Gasteiger partial charge in [0.2, 0.25) is 0 Å². The molecule has 198 valence electrons. The van der Waals surface area contributed by atoms with Gasteiger partial charge in [0.1, 0.15) is 5.66 Å². The van der Waals surface area contributed by atoms with Gasteiger partial charge in [-0.2, -0.15) is 0 Å². The fraction of sp³-hybridized carbons (Fsp3) is 0.760. The van der Waals surface area contributed by atoms with Crippen molar-refractivity contribution in [3.63, 3.8) is 0 Å². The SMILES string of the molecule is CC.CCC1C(C)C=CC2=CC(O)CCC21.CCOP(O)C(C)C(=O)O.O=C1CC(O)CCO1. The van der Waals surface area contributed by atoms with E-state index in [0.29, 0.717) is 31.5 Å². The Morgan fingerprint density at radius 2 is 1.88 bits per heavy atom. The molecular weight excluding hydrogens is 459 g/mol. The van der Waals surface area contributed by atoms with E-state index in [9.17, 15) is 14.7 Å². The van der Waals surface area contributed by atoms with E-state index in [1.165, 1.54) is 25.3 Å². The number of fused-ring (bicyclic) bond motifs is 1. The minimum absolute atomic E-state index is 0.167. The molecule has 0 aromatic heterocycles. The summed E-state index contributed by atoms with van der Waals surface area (Å²) < 4.78 is 9.25. The van der Waals surface area contributed by atoms with Crippen molar-refractivity contribution in [3.05, 3.63) is 23.8 Å². The highest BCUT2D eigenvalue weighted by Gasteiger charge is 2.32. The monoisotopic (exact) mass is 504 g/mol. The van der Waals surface area contributed by atoms with Crippen molar-refractivity contribution in [2.45, 2.75) is 91.5 Å². The first-order chi connectivity index (χ1) is 16.1. The zero-order valence-corrected chi connectivity index (χ0v) is 22.4. The normalized spacial score (nSPS) is 29.1. The summed E-state index contributed by atoms with van der Waals surface area (Å²) in [6.07, 6.45) is 10.0. The number of cyclic esters (lactones) is 1. The molecule has 9 heteroatoms. The number of carbonyl (C=O) groups is 2. The molecule has 7 atom stereocenters. The number of allylic oxidation sites excluding steroid dienone is 3. The Kier molecular flexibility index (Phi) is 17.3. The molecule has 1 aliphatic heterocycles. The standard InChI is InChI=1S/C13H20O.C5H11O4P.C5H8O3.C2H6/c1-3-12-9(2)4-5-10-8-11(14)6-7-13(10)12;1-3-9-10(8)4(2)5(6)7;6-4-1-2-8-5(7)3-4;1-2/h4-5,8-9,11-14H,3,6-7H2,1-2H3;4,8H,3H2,1-2H3,(H,6,7);4,6H,1-3H2;1-2H3. The van der Waals surface area contributed by atoms with Crippen molar-refractivity contribution in [2.24, 2.45) is 17.8 Å². The van der Waals surface area contributed by atoms with Crippen LogP contribution in [0, 0.1) is 17.8 Å². The minimum atomic E-state index is -1.78. The molecule has 1 saturated heterocycles. The van der Waals surface area contributed by atoms with Gasteiger partial charge >= 0.3 is 11.9 Å². The molecule has 0 radical (unpaired) electrons. The first-order valence-corrected chi connectivity index (χ1v) is 13.6. The third kappa shape index (κ3) is 11.9. The molecule has 7 unspecified atom stereocenters. The number of aliphatic hydroxyl groups is 2. The van der Waals surface area contributed by atoms with Gasteiger partial charge in [0, 0.05) is 6.42 Å². The summed E-state index contributed by atoms with van der Waals surface area (Å²) in [4.78, 5) is 29.4. The number of rotatable bonds is 5. The lowest BCUT2D eigenvalue weighted by molar-refractivity contribution is -0.151. The highest BCUT2D eigenvalue weighted by atomic mass is 31.2. The van der Waals surface area contributed by atoms with Crippen molar-refractivity contribution in [2.75, 3.05) is 13.2 Å². The molecule has 8 nitrogen and oxygen atoms in total. The maximum Gasteiger partial charge on any atom is 0.315 e. The van der Waals surface area contributed by atoms with Gasteiger partial charge < -0.3 is 29.5 Å². The largest absolute Gasteiger partial charge is 0.481 e. The predicted octanol–water partition coefficient (Wildman–Crippen LogP) is 4.43. The number of carboxylic acid groups (broad SMARTS) is 1. The number of hydrogen-bond acceptors (Lipinski definition) is 7. The van der Waals surface area contributed by atoms with Crippen LogP contribution < -0.4 is 0 Å². The number of hydrogen-bond donors (Lipinski definition) is 4. The quantitative estimate of drug-likeness (QED) is 0.319. The number of carboxylic acids is 1. The Labute approximate surface area is 206 Å². The zero-order chi connectivity index (χ0) is 26.3. The van der Waals surface area contributed by atoms with Crippen LogP contribution in [-0.2, 0) is 18.8 Å². The van der Waals surface area contributed by atoms with Crippen LogP contribution >= 0.6 is 8.38 Å². The topological polar surface area (TPSA) is 134 Å². The fourth-order valence-corrected chi connectivity index (χ4v) is 4.69. The number of esters is 1. The Bertz CT molecular complexity index is 651. The van der Waals surface area contributed by atoms with Gasteiger partial charge in [-0.25, -0.2) is 0 Å². The van der Waals surface area contributed by atoms with E-state index in [0.717, 1.165) is 12.3 Å². The summed E-state index contributed by atoms with van der Waals surface area (Å²) in [6, 6.07) is 0. The predicted molar refractivity (Wildman–Crippen MR) is 134 cm³/mol.